The summed E-state index contributed by atoms with van der Waals surface area (Å²) in [6.45, 7) is 1.93. The molecule has 0 aliphatic carbocycles. The normalized spacial score (nSPS) is 12.0. The van der Waals surface area contributed by atoms with E-state index in [9.17, 15) is 0 Å². The van der Waals surface area contributed by atoms with Gasteiger partial charge in [-0.1, -0.05) is 53.3 Å². The first-order valence-corrected chi connectivity index (χ1v) is 12.8. The number of thioether (sulfide) groups is 1. The Bertz CT molecular complexity index is 1170. The first-order valence-electron chi connectivity index (χ1n) is 9.03. The number of aromatic nitrogens is 3. The Balaban J connectivity index is 1.68. The third-order valence-electron chi connectivity index (χ3n) is 3.99. The number of alkyl halides is 1. The second-order valence-electron chi connectivity index (χ2n) is 6.27. The zero-order valence-electron chi connectivity index (χ0n) is 16.1. The van der Waals surface area contributed by atoms with Crippen molar-refractivity contribution >= 4 is 80.8 Å². The molecule has 0 fully saturated rings. The Morgan fingerprint density at radius 1 is 1.06 bits per heavy atom. The standard InChI is InChI=1S/C21H15Cl3N4S3/c1-13-12-29-21(27-13)28(24)20-18(31-17-8-3-2-6-15(17)22)10-14(11-26-20)30-19(23)16-7-4-5-9-25-16/h2-12,19H,1H3. The lowest BCUT2D eigenvalue weighted by Crippen LogP contribution is -2.05. The van der Waals surface area contributed by atoms with E-state index in [1.807, 2.05) is 60.8 Å². The van der Waals surface area contributed by atoms with Crippen LogP contribution < -0.4 is 4.42 Å². The van der Waals surface area contributed by atoms with Crippen LogP contribution in [0.5, 0.6) is 0 Å². The van der Waals surface area contributed by atoms with Crippen molar-refractivity contribution in [3.05, 3.63) is 82.7 Å². The Labute approximate surface area is 208 Å². The summed E-state index contributed by atoms with van der Waals surface area (Å²) in [6, 6.07) is 15.3. The van der Waals surface area contributed by atoms with Gasteiger partial charge in [0.2, 0.25) is 5.13 Å². The summed E-state index contributed by atoms with van der Waals surface area (Å²) in [5, 5.41) is 3.25. The third kappa shape index (κ3) is 5.66. The first-order chi connectivity index (χ1) is 15.0. The average molecular weight is 526 g/mol. The minimum Gasteiger partial charge on any atom is -0.259 e. The number of nitrogens with zero attached hydrogens (tertiary/aromatic N) is 4. The van der Waals surface area contributed by atoms with Crippen LogP contribution in [0, 0.1) is 6.92 Å². The van der Waals surface area contributed by atoms with Crippen molar-refractivity contribution in [1.82, 2.24) is 15.0 Å². The number of halogens is 3. The molecule has 0 bridgehead atoms. The van der Waals surface area contributed by atoms with E-state index >= 15 is 0 Å². The molecule has 4 aromatic rings. The summed E-state index contributed by atoms with van der Waals surface area (Å²) in [7, 11) is 0. The quantitative estimate of drug-likeness (QED) is 0.137. The van der Waals surface area contributed by atoms with Crippen LogP contribution in [-0.2, 0) is 0 Å². The maximum absolute atomic E-state index is 6.64. The van der Waals surface area contributed by atoms with Crippen molar-refractivity contribution in [2.24, 2.45) is 0 Å². The molecule has 4 nitrogen and oxygen atoms in total. The number of benzene rings is 1. The Hall–Kier alpha value is -1.48. The van der Waals surface area contributed by atoms with Crippen molar-refractivity contribution in [3.63, 3.8) is 0 Å². The van der Waals surface area contributed by atoms with Gasteiger partial charge in [-0.3, -0.25) is 4.98 Å². The number of pyridine rings is 2. The number of rotatable bonds is 7. The highest BCUT2D eigenvalue weighted by Crippen LogP contribution is 2.44. The number of aryl methyl sites for hydroxylation is 1. The van der Waals surface area contributed by atoms with Gasteiger partial charge in [0.15, 0.2) is 5.82 Å². The molecule has 0 saturated heterocycles. The topological polar surface area (TPSA) is 41.9 Å². The molecule has 0 N–H and O–H groups in total. The monoisotopic (exact) mass is 524 g/mol. The van der Waals surface area contributed by atoms with Gasteiger partial charge < -0.3 is 0 Å². The van der Waals surface area contributed by atoms with E-state index in [0.717, 1.165) is 26.1 Å². The van der Waals surface area contributed by atoms with Gasteiger partial charge in [-0.25, -0.2) is 14.4 Å². The second kappa shape index (κ2) is 10.4. The molecular formula is C21H15Cl3N4S3. The molecular weight excluding hydrogens is 511 g/mol. The molecule has 3 aromatic heterocycles. The zero-order chi connectivity index (χ0) is 21.8. The predicted octanol–water partition coefficient (Wildman–Crippen LogP) is 8.37. The van der Waals surface area contributed by atoms with Crippen LogP contribution in [0.4, 0.5) is 10.9 Å². The fourth-order valence-corrected chi connectivity index (χ4v) is 6.14. The summed E-state index contributed by atoms with van der Waals surface area (Å²) in [5.74, 6) is 0.578. The third-order valence-corrected chi connectivity index (χ3v) is 8.32. The number of hydrogen-bond acceptors (Lipinski definition) is 7. The van der Waals surface area contributed by atoms with E-state index in [4.69, 9.17) is 35.0 Å². The highest BCUT2D eigenvalue weighted by Gasteiger charge is 2.20. The van der Waals surface area contributed by atoms with Crippen LogP contribution >= 0.6 is 69.8 Å². The molecule has 3 heterocycles. The highest BCUT2D eigenvalue weighted by atomic mass is 35.5. The summed E-state index contributed by atoms with van der Waals surface area (Å²) in [4.78, 5) is 16.1. The molecule has 0 spiro atoms. The zero-order valence-corrected chi connectivity index (χ0v) is 20.8. The van der Waals surface area contributed by atoms with Gasteiger partial charge in [-0.15, -0.1) is 22.9 Å². The molecule has 31 heavy (non-hydrogen) atoms. The number of anilines is 2. The van der Waals surface area contributed by atoms with Crippen LogP contribution in [-0.4, -0.2) is 15.0 Å². The fraction of sp³-hybridized carbons (Fsp3) is 0.0952. The molecule has 0 saturated carbocycles. The van der Waals surface area contributed by atoms with Gasteiger partial charge in [-0.2, -0.15) is 0 Å². The van der Waals surface area contributed by atoms with E-state index in [-0.39, 0.29) is 4.71 Å². The van der Waals surface area contributed by atoms with Crippen LogP contribution in [0.1, 0.15) is 16.1 Å². The van der Waals surface area contributed by atoms with Crippen molar-refractivity contribution in [2.45, 2.75) is 26.3 Å². The van der Waals surface area contributed by atoms with E-state index < -0.39 is 0 Å². The minimum absolute atomic E-state index is 0.347. The number of hydrogen-bond donors (Lipinski definition) is 0. The molecule has 158 valence electrons. The molecule has 0 aliphatic rings. The molecule has 1 unspecified atom stereocenters. The van der Waals surface area contributed by atoms with Crippen molar-refractivity contribution in [2.75, 3.05) is 4.42 Å². The van der Waals surface area contributed by atoms with Crippen LogP contribution in [0.15, 0.2) is 81.0 Å². The van der Waals surface area contributed by atoms with Crippen LogP contribution in [0.3, 0.4) is 0 Å². The molecule has 1 aromatic carbocycles. The minimum atomic E-state index is -0.347. The van der Waals surface area contributed by atoms with E-state index in [0.29, 0.717) is 16.0 Å². The lowest BCUT2D eigenvalue weighted by Gasteiger charge is -2.17. The van der Waals surface area contributed by atoms with Gasteiger partial charge in [0, 0.05) is 39.3 Å². The summed E-state index contributed by atoms with van der Waals surface area (Å²) >= 11 is 24.0. The smallest absolute Gasteiger partial charge is 0.206 e. The van der Waals surface area contributed by atoms with E-state index in [1.54, 1.807) is 12.4 Å². The van der Waals surface area contributed by atoms with Crippen molar-refractivity contribution < 1.29 is 0 Å². The first kappa shape index (κ1) is 22.7. The van der Waals surface area contributed by atoms with E-state index in [1.165, 1.54) is 39.3 Å². The van der Waals surface area contributed by atoms with Gasteiger partial charge in [-0.05, 0) is 37.3 Å². The molecule has 10 heteroatoms. The summed E-state index contributed by atoms with van der Waals surface area (Å²) in [6.07, 6.45) is 3.48. The molecule has 1 atom stereocenters. The van der Waals surface area contributed by atoms with Crippen molar-refractivity contribution in [1.29, 1.82) is 0 Å². The summed E-state index contributed by atoms with van der Waals surface area (Å²) < 4.78 is 1.13. The lowest BCUT2D eigenvalue weighted by atomic mass is 10.4. The van der Waals surface area contributed by atoms with Crippen LogP contribution in [0.25, 0.3) is 0 Å². The molecule has 0 amide bonds. The Morgan fingerprint density at radius 3 is 2.58 bits per heavy atom. The Kier molecular flexibility index (Phi) is 7.63. The SMILES string of the molecule is Cc1csc(N(Cl)c2ncc(SC(Cl)c3ccccn3)cc2Sc2ccccc2Cl)n1. The summed E-state index contributed by atoms with van der Waals surface area (Å²) in [5.41, 5.74) is 1.69. The number of thiazole rings is 1. The molecule has 0 radical (unpaired) electrons. The Morgan fingerprint density at radius 2 is 1.87 bits per heavy atom. The highest BCUT2D eigenvalue weighted by molar-refractivity contribution is 8.01. The predicted molar refractivity (Wildman–Crippen MR) is 133 cm³/mol. The maximum Gasteiger partial charge on any atom is 0.206 e. The largest absolute Gasteiger partial charge is 0.259 e. The van der Waals surface area contributed by atoms with Gasteiger partial charge in [0.05, 0.1) is 21.3 Å². The molecule has 4 rings (SSSR count). The maximum atomic E-state index is 6.64. The van der Waals surface area contributed by atoms with Crippen molar-refractivity contribution in [3.8, 4) is 0 Å². The average Bonchev–Trinajstić information content (AvgIpc) is 3.22. The van der Waals surface area contributed by atoms with Crippen LogP contribution in [0.2, 0.25) is 5.02 Å². The lowest BCUT2D eigenvalue weighted by molar-refractivity contribution is 1.10. The fourth-order valence-electron chi connectivity index (χ4n) is 2.56. The molecule has 0 aliphatic heterocycles. The van der Waals surface area contributed by atoms with Gasteiger partial charge in [0.25, 0.3) is 0 Å². The van der Waals surface area contributed by atoms with Gasteiger partial charge in [0.1, 0.15) is 4.71 Å². The van der Waals surface area contributed by atoms with E-state index in [2.05, 4.69) is 15.0 Å². The van der Waals surface area contributed by atoms with Gasteiger partial charge >= 0.3 is 0 Å². The second-order valence-corrected chi connectivity index (χ2v) is 10.8.